The fraction of sp³-hybridized carbons (Fsp3) is 0.800. The Labute approximate surface area is 291 Å². The van der Waals surface area contributed by atoms with Gasteiger partial charge < -0.3 is 44.8 Å². The van der Waals surface area contributed by atoms with Crippen LogP contribution in [0.15, 0.2) is 29.2 Å². The van der Waals surface area contributed by atoms with Crippen LogP contribution in [0.4, 0.5) is 0 Å². The van der Waals surface area contributed by atoms with Crippen LogP contribution in [-0.2, 0) is 29.0 Å². The summed E-state index contributed by atoms with van der Waals surface area (Å²) >= 11 is 0. The lowest BCUT2D eigenvalue weighted by atomic mass is 9.73. The average molecular weight is 718 g/mol. The number of carbonyl (C=O) groups excluding carboxylic acids is 1. The third-order valence-corrected chi connectivity index (χ3v) is 12.7. The van der Waals surface area contributed by atoms with E-state index in [1.165, 1.54) is 40.0 Å². The van der Waals surface area contributed by atoms with Gasteiger partial charge in [-0.25, -0.2) is 8.42 Å². The number of rotatable bonds is 6. The number of nitrogens with zero attached hydrogens (tertiary/aromatic N) is 1. The van der Waals surface area contributed by atoms with Crippen LogP contribution in [0, 0.1) is 30.6 Å². The first kappa shape index (κ1) is 41.7. The van der Waals surface area contributed by atoms with Crippen LogP contribution in [0.3, 0.4) is 0 Å². The van der Waals surface area contributed by atoms with E-state index in [9.17, 15) is 43.9 Å². The molecule has 0 spiro atoms. The van der Waals surface area contributed by atoms with Crippen LogP contribution in [0.1, 0.15) is 80.2 Å². The van der Waals surface area contributed by atoms with Crippen LogP contribution >= 0.6 is 0 Å². The van der Waals surface area contributed by atoms with Crippen molar-refractivity contribution in [3.05, 3.63) is 29.8 Å². The van der Waals surface area contributed by atoms with Crippen LogP contribution in [0.25, 0.3) is 0 Å². The highest BCUT2D eigenvalue weighted by Crippen LogP contribution is 2.39. The predicted octanol–water partition coefficient (Wildman–Crippen LogP) is 1.72. The van der Waals surface area contributed by atoms with Gasteiger partial charge in [-0.2, -0.15) is 4.31 Å². The van der Waals surface area contributed by atoms with Crippen LogP contribution < -0.4 is 0 Å². The van der Waals surface area contributed by atoms with E-state index in [2.05, 4.69) is 0 Å². The first-order valence-corrected chi connectivity index (χ1v) is 18.7. The van der Waals surface area contributed by atoms with Crippen LogP contribution in [0.5, 0.6) is 0 Å². The minimum absolute atomic E-state index is 0.0507. The van der Waals surface area contributed by atoms with E-state index in [-0.39, 0.29) is 24.2 Å². The van der Waals surface area contributed by atoms with E-state index in [1.807, 2.05) is 6.92 Å². The molecular weight excluding hydrogens is 658 g/mol. The molecule has 0 bridgehead atoms. The molecule has 2 aliphatic rings. The second-order valence-electron chi connectivity index (χ2n) is 15.0. The van der Waals surface area contributed by atoms with E-state index in [4.69, 9.17) is 14.2 Å². The second kappa shape index (κ2) is 15.9. The number of carbonyl (C=O) groups is 1. The van der Waals surface area contributed by atoms with Gasteiger partial charge in [-0.3, -0.25) is 4.79 Å². The van der Waals surface area contributed by atoms with Crippen LogP contribution in [0.2, 0.25) is 0 Å². The minimum Gasteiger partial charge on any atom is -0.459 e. The van der Waals surface area contributed by atoms with Gasteiger partial charge in [0.15, 0.2) is 6.29 Å². The molecule has 0 saturated carbocycles. The summed E-state index contributed by atoms with van der Waals surface area (Å²) in [6.45, 7) is 14.2. The van der Waals surface area contributed by atoms with Gasteiger partial charge in [0.05, 0.1) is 53.0 Å². The van der Waals surface area contributed by atoms with E-state index in [0.29, 0.717) is 0 Å². The van der Waals surface area contributed by atoms with Gasteiger partial charge >= 0.3 is 5.97 Å². The fourth-order valence-corrected chi connectivity index (χ4v) is 8.87. The highest BCUT2D eigenvalue weighted by atomic mass is 32.2. The third-order valence-electron chi connectivity index (χ3n) is 10.8. The summed E-state index contributed by atoms with van der Waals surface area (Å²) in [6.07, 6.45) is -10.2. The smallest absolute Gasteiger partial charge is 0.311 e. The summed E-state index contributed by atoms with van der Waals surface area (Å²) in [5, 5.41) is 69.0. The van der Waals surface area contributed by atoms with E-state index < -0.39 is 106 Å². The standard InChI is InChI=1S/C35H59NO12S/c1-11-26-35(9,43)30(40)21(5)27(37)19(3)17-34(8,42)31(22(6)28(38)23(7)32(41)47-26)48-33-29(39)25(16-20(4)46-33)36(10)49(44,45)24-14-12-18(2)13-15-24/h12-15,19-23,25-31,33,37-40,42-43H,11,16-17H2,1-10H3/t19-,20-,21+,22+,23-,25+,26-,27+,28+,29-,30-,31-,33+,34?,35-/m1/s1. The molecule has 15 atom stereocenters. The predicted molar refractivity (Wildman–Crippen MR) is 180 cm³/mol. The number of hydrogen-bond acceptors (Lipinski definition) is 12. The molecule has 1 unspecified atom stereocenters. The third kappa shape index (κ3) is 8.85. The largest absolute Gasteiger partial charge is 0.459 e. The van der Waals surface area contributed by atoms with Crippen molar-refractivity contribution in [2.24, 2.45) is 23.7 Å². The summed E-state index contributed by atoms with van der Waals surface area (Å²) in [5.74, 6) is -4.66. The number of sulfonamides is 1. The molecule has 6 N–H and O–H groups in total. The summed E-state index contributed by atoms with van der Waals surface area (Å²) in [6, 6.07) is 5.35. The lowest BCUT2D eigenvalue weighted by molar-refractivity contribution is -0.298. The maximum absolute atomic E-state index is 13.6. The van der Waals surface area contributed by atoms with Crippen LogP contribution in [-0.4, -0.2) is 123 Å². The van der Waals surface area contributed by atoms with Crippen molar-refractivity contribution in [1.82, 2.24) is 4.31 Å². The van der Waals surface area contributed by atoms with Gasteiger partial charge in [-0.05, 0) is 71.9 Å². The lowest BCUT2D eigenvalue weighted by Gasteiger charge is -2.47. The summed E-state index contributed by atoms with van der Waals surface area (Å²) in [4.78, 5) is 13.4. The molecule has 0 amide bonds. The lowest BCUT2D eigenvalue weighted by Crippen LogP contribution is -2.61. The molecule has 0 aliphatic carbocycles. The maximum atomic E-state index is 13.6. The zero-order valence-corrected chi connectivity index (χ0v) is 31.2. The van der Waals surface area contributed by atoms with Gasteiger partial charge in [0.2, 0.25) is 10.0 Å². The molecule has 0 radical (unpaired) electrons. The number of likely N-dealkylation sites (N-methyl/N-ethyl adjacent to an activating group) is 1. The molecule has 13 nitrogen and oxygen atoms in total. The number of cyclic esters (lactones) is 1. The monoisotopic (exact) mass is 717 g/mol. The Morgan fingerprint density at radius 3 is 2.06 bits per heavy atom. The molecule has 0 aromatic heterocycles. The molecule has 2 saturated heterocycles. The Morgan fingerprint density at radius 1 is 0.939 bits per heavy atom. The van der Waals surface area contributed by atoms with Crippen molar-refractivity contribution >= 4 is 16.0 Å². The van der Waals surface area contributed by atoms with E-state index in [1.54, 1.807) is 46.8 Å². The number of aliphatic hydroxyl groups is 6. The average Bonchev–Trinajstić information content (AvgIpc) is 3.03. The molecular formula is C35H59NO12S. The Balaban J connectivity index is 2.02. The highest BCUT2D eigenvalue weighted by molar-refractivity contribution is 7.89. The summed E-state index contributed by atoms with van der Waals surface area (Å²) in [5.41, 5.74) is -2.90. The molecule has 282 valence electrons. The first-order chi connectivity index (χ1) is 22.5. The minimum atomic E-state index is -4.04. The molecule has 2 aliphatic heterocycles. The van der Waals surface area contributed by atoms with Crippen molar-refractivity contribution in [3.8, 4) is 0 Å². The molecule has 2 fully saturated rings. The summed E-state index contributed by atoms with van der Waals surface area (Å²) in [7, 11) is -2.67. The van der Waals surface area contributed by atoms with Gasteiger partial charge in [-0.15, -0.1) is 0 Å². The number of benzene rings is 1. The fourth-order valence-electron chi connectivity index (χ4n) is 7.49. The molecule has 1 aromatic rings. The van der Waals surface area contributed by atoms with Gasteiger partial charge in [0.25, 0.3) is 0 Å². The summed E-state index contributed by atoms with van der Waals surface area (Å²) < 4.78 is 46.2. The molecule has 2 heterocycles. The van der Waals surface area contributed by atoms with Gasteiger partial charge in [0.1, 0.15) is 17.8 Å². The Morgan fingerprint density at radius 2 is 1.51 bits per heavy atom. The number of aliphatic hydroxyl groups excluding tert-OH is 4. The van der Waals surface area contributed by atoms with Crippen molar-refractivity contribution in [1.29, 1.82) is 0 Å². The molecule has 3 rings (SSSR count). The van der Waals surface area contributed by atoms with Gasteiger partial charge in [0, 0.05) is 18.9 Å². The number of ether oxygens (including phenoxy) is 3. The van der Waals surface area contributed by atoms with Crippen molar-refractivity contribution in [3.63, 3.8) is 0 Å². The van der Waals surface area contributed by atoms with E-state index >= 15 is 0 Å². The zero-order valence-electron chi connectivity index (χ0n) is 30.4. The maximum Gasteiger partial charge on any atom is 0.311 e. The van der Waals surface area contributed by atoms with Gasteiger partial charge in [-0.1, -0.05) is 45.4 Å². The Kier molecular flexibility index (Phi) is 13.5. The first-order valence-electron chi connectivity index (χ1n) is 17.2. The molecule has 49 heavy (non-hydrogen) atoms. The number of hydrogen-bond donors (Lipinski definition) is 6. The topological polar surface area (TPSA) is 204 Å². The van der Waals surface area contributed by atoms with Crippen molar-refractivity contribution in [2.75, 3.05) is 7.05 Å². The van der Waals surface area contributed by atoms with Crippen molar-refractivity contribution < 1.29 is 58.1 Å². The SMILES string of the molecule is CC[C@H]1OC(=O)[C@H](C)[C@@H](O)[C@H](C)[C@@H](O[C@@H]2O[C@H](C)C[C@H](N(C)S(=O)(=O)c3ccc(C)cc3)[C@H]2O)C(C)(O)C[C@@H](C)[C@H](O)[C@H](C)[C@@H](O)[C@]1(C)O. The Hall–Kier alpha value is -1.72. The quantitative estimate of drug-likeness (QED) is 0.233. The normalized spacial score (nSPS) is 43.5. The number of aryl methyl sites for hydroxylation is 1. The van der Waals surface area contributed by atoms with Crippen molar-refractivity contribution in [2.45, 2.75) is 153 Å². The second-order valence-corrected chi connectivity index (χ2v) is 17.0. The molecule has 1 aromatic carbocycles. The number of esters is 1. The Bertz CT molecular complexity index is 1350. The highest BCUT2D eigenvalue weighted by Gasteiger charge is 2.51. The van der Waals surface area contributed by atoms with E-state index in [0.717, 1.165) is 9.87 Å². The zero-order chi connectivity index (χ0) is 37.4. The molecule has 14 heteroatoms.